The molecule has 4 aromatic rings. The third kappa shape index (κ3) is 10.2. The fourth-order valence-corrected chi connectivity index (χ4v) is 8.13. The number of aromatic nitrogens is 5. The third-order valence-electron chi connectivity index (χ3n) is 10.2. The Labute approximate surface area is 339 Å². The van der Waals surface area contributed by atoms with Crippen molar-refractivity contribution in [3.63, 3.8) is 0 Å². The molecule has 2 N–H and O–H groups in total. The molecule has 5 heterocycles. The Bertz CT molecular complexity index is 2230. The number of nitrogens with zero attached hydrogens (tertiary/aromatic N) is 6. The number of nitrogens with one attached hydrogen (secondary N) is 2. The van der Waals surface area contributed by atoms with Gasteiger partial charge >= 0.3 is 12.3 Å². The van der Waals surface area contributed by atoms with Crippen LogP contribution in [-0.2, 0) is 14.8 Å². The standard InChI is InChI=1S/C39H46ClF3N8O6S/c1-36(2,3)57-35(53)50-24-25(23-37(50,4)5)12-14-28(27-9-6-7-20-44-27)45-29-10-8-11-32(46-29)58(54,55)49-34(52)26-13-15-30(47-33(26)40)51-21-16-31(48-51)56-22-19-38(17-18-38)39(41,42)43/h6-11,13,15-16,20-21,25,28H,12,14,17-19,22-24H2,1-5H3,(H,45,46)(H,49,52)/t25-,28?/m0/s1. The van der Waals surface area contributed by atoms with Gasteiger partial charge in [-0.05, 0) is 115 Å². The van der Waals surface area contributed by atoms with E-state index in [1.165, 1.54) is 41.2 Å². The molecule has 2 atom stereocenters. The highest BCUT2D eigenvalue weighted by Gasteiger charge is 2.62. The average molecular weight is 847 g/mol. The highest BCUT2D eigenvalue weighted by Crippen LogP contribution is 2.59. The van der Waals surface area contributed by atoms with Crippen LogP contribution in [0.1, 0.15) is 95.2 Å². The lowest BCUT2D eigenvalue weighted by molar-refractivity contribution is -0.190. The molecule has 0 spiro atoms. The van der Waals surface area contributed by atoms with Gasteiger partial charge in [0.1, 0.15) is 16.6 Å². The van der Waals surface area contributed by atoms with E-state index in [1.807, 2.05) is 51.5 Å². The van der Waals surface area contributed by atoms with Crippen LogP contribution in [0.15, 0.2) is 72.0 Å². The van der Waals surface area contributed by atoms with E-state index in [2.05, 4.69) is 25.4 Å². The van der Waals surface area contributed by atoms with Crippen LogP contribution in [0.3, 0.4) is 0 Å². The van der Waals surface area contributed by atoms with Crippen molar-refractivity contribution < 1.29 is 40.7 Å². The summed E-state index contributed by atoms with van der Waals surface area (Å²) in [6, 6.07) is 13.6. The van der Waals surface area contributed by atoms with Crippen LogP contribution < -0.4 is 14.8 Å². The van der Waals surface area contributed by atoms with E-state index in [0.29, 0.717) is 18.7 Å². The number of pyridine rings is 3. The molecule has 1 aliphatic carbocycles. The van der Waals surface area contributed by atoms with Crippen molar-refractivity contribution in [3.8, 4) is 11.7 Å². The summed E-state index contributed by atoms with van der Waals surface area (Å²) in [6.45, 7) is 9.91. The van der Waals surface area contributed by atoms with Gasteiger partial charge in [0, 0.05) is 30.5 Å². The molecule has 1 saturated carbocycles. The second-order valence-corrected chi connectivity index (χ2v) is 18.3. The molecule has 1 unspecified atom stereocenters. The van der Waals surface area contributed by atoms with Crippen LogP contribution in [0.25, 0.3) is 5.82 Å². The number of hydrogen-bond acceptors (Lipinski definition) is 11. The average Bonchev–Trinajstić information content (AvgIpc) is 3.68. The summed E-state index contributed by atoms with van der Waals surface area (Å²) in [5, 5.41) is 6.72. The number of halogens is 4. The fourth-order valence-electron chi connectivity index (χ4n) is 6.96. The van der Waals surface area contributed by atoms with Gasteiger partial charge in [0.05, 0.1) is 29.3 Å². The molecule has 0 bridgehead atoms. The first-order chi connectivity index (χ1) is 27.1. The minimum absolute atomic E-state index is 0.0730. The van der Waals surface area contributed by atoms with Crippen LogP contribution in [0.5, 0.6) is 5.88 Å². The van der Waals surface area contributed by atoms with Crippen LogP contribution in [-0.4, -0.2) is 80.5 Å². The highest BCUT2D eigenvalue weighted by molar-refractivity contribution is 7.90. The Kier molecular flexibility index (Phi) is 12.0. The number of ether oxygens (including phenoxy) is 2. The lowest BCUT2D eigenvalue weighted by Gasteiger charge is -2.33. The van der Waals surface area contributed by atoms with Crippen molar-refractivity contribution in [2.24, 2.45) is 11.3 Å². The predicted octanol–water partition coefficient (Wildman–Crippen LogP) is 7.91. The number of carbonyl (C=O) groups excluding carboxylic acids is 2. The van der Waals surface area contributed by atoms with E-state index in [9.17, 15) is 31.2 Å². The number of alkyl halides is 3. The Balaban J connectivity index is 1.08. The van der Waals surface area contributed by atoms with Gasteiger partial charge in [-0.3, -0.25) is 9.78 Å². The van der Waals surface area contributed by atoms with Gasteiger partial charge in [0.25, 0.3) is 15.9 Å². The normalized spacial score (nSPS) is 18.0. The zero-order valence-electron chi connectivity index (χ0n) is 32.7. The quantitative estimate of drug-likeness (QED) is 0.118. The van der Waals surface area contributed by atoms with Gasteiger partial charge in [-0.2, -0.15) is 21.6 Å². The Morgan fingerprint density at radius 2 is 1.79 bits per heavy atom. The monoisotopic (exact) mass is 846 g/mol. The van der Waals surface area contributed by atoms with Crippen molar-refractivity contribution in [2.45, 2.75) is 102 Å². The summed E-state index contributed by atoms with van der Waals surface area (Å²) in [5.41, 5.74) is -2.25. The van der Waals surface area contributed by atoms with Crippen LogP contribution in [0.4, 0.5) is 23.8 Å². The second-order valence-electron chi connectivity index (χ2n) is 16.3. The van der Waals surface area contributed by atoms with Crippen LogP contribution in [0.2, 0.25) is 5.15 Å². The van der Waals surface area contributed by atoms with Gasteiger partial charge in [0.2, 0.25) is 5.88 Å². The Morgan fingerprint density at radius 3 is 2.45 bits per heavy atom. The molecular weight excluding hydrogens is 801 g/mol. The van der Waals surface area contributed by atoms with Gasteiger partial charge in [-0.15, -0.1) is 5.10 Å². The van der Waals surface area contributed by atoms with Crippen molar-refractivity contribution >= 4 is 39.4 Å². The summed E-state index contributed by atoms with van der Waals surface area (Å²) >= 11 is 6.32. The molecule has 2 amide bonds. The number of likely N-dealkylation sites (tertiary alicyclic amines) is 1. The molecular formula is C39H46ClF3N8O6S. The topological polar surface area (TPSA) is 171 Å². The molecule has 2 fully saturated rings. The largest absolute Gasteiger partial charge is 0.477 e. The summed E-state index contributed by atoms with van der Waals surface area (Å²) in [6.07, 6.45) is 0.537. The van der Waals surface area contributed by atoms with Crippen molar-refractivity contribution in [1.29, 1.82) is 0 Å². The highest BCUT2D eigenvalue weighted by atomic mass is 35.5. The van der Waals surface area contributed by atoms with Crippen molar-refractivity contribution in [1.82, 2.24) is 34.4 Å². The minimum atomic E-state index is -4.50. The molecule has 1 saturated heterocycles. The summed E-state index contributed by atoms with van der Waals surface area (Å²) in [7, 11) is -4.50. The molecule has 2 aliphatic rings. The van der Waals surface area contributed by atoms with E-state index in [1.54, 1.807) is 23.2 Å². The lowest BCUT2D eigenvalue weighted by atomic mass is 9.91. The molecule has 14 nitrogen and oxygen atoms in total. The Hall–Kier alpha value is -4.97. The molecule has 0 aromatic carbocycles. The van der Waals surface area contributed by atoms with E-state index in [-0.39, 0.29) is 72.2 Å². The number of amides is 2. The molecule has 19 heteroatoms. The number of anilines is 1. The van der Waals surface area contributed by atoms with Gasteiger partial charge in [0.15, 0.2) is 10.8 Å². The maximum absolute atomic E-state index is 13.4. The van der Waals surface area contributed by atoms with E-state index >= 15 is 0 Å². The van der Waals surface area contributed by atoms with E-state index < -0.39 is 43.7 Å². The number of sulfonamides is 1. The predicted molar refractivity (Wildman–Crippen MR) is 208 cm³/mol. The fraction of sp³-hybridized carbons (Fsp3) is 0.487. The van der Waals surface area contributed by atoms with Gasteiger partial charge in [-0.25, -0.2) is 24.2 Å². The molecule has 6 rings (SSSR count). The second kappa shape index (κ2) is 16.4. The number of rotatable bonds is 14. The SMILES string of the molecule is CC(C)(C)OC(=O)N1C[C@@H](CCC(Nc2cccc(S(=O)(=O)NC(=O)c3ccc(-n4ccc(OCCC5(C(F)(F)F)CC5)n4)nc3Cl)n2)c2ccccn2)CC1(C)C. The minimum Gasteiger partial charge on any atom is -0.477 e. The smallest absolute Gasteiger partial charge is 0.410 e. The summed E-state index contributed by atoms with van der Waals surface area (Å²) in [5.74, 6) is -0.436. The maximum Gasteiger partial charge on any atom is 0.410 e. The first kappa shape index (κ1) is 42.6. The summed E-state index contributed by atoms with van der Waals surface area (Å²) < 4.78 is 80.9. The van der Waals surface area contributed by atoms with Crippen LogP contribution in [0, 0.1) is 11.3 Å². The molecule has 58 heavy (non-hydrogen) atoms. The molecule has 0 radical (unpaired) electrons. The first-order valence-corrected chi connectivity index (χ1v) is 20.7. The number of hydrogen-bond donors (Lipinski definition) is 2. The zero-order chi connectivity index (χ0) is 42.1. The van der Waals surface area contributed by atoms with E-state index in [0.717, 1.165) is 12.8 Å². The van der Waals surface area contributed by atoms with E-state index in [4.69, 9.17) is 21.1 Å². The molecule has 1 aliphatic heterocycles. The lowest BCUT2D eigenvalue weighted by Crippen LogP contribution is -2.45. The third-order valence-corrected chi connectivity index (χ3v) is 11.7. The zero-order valence-corrected chi connectivity index (χ0v) is 34.3. The first-order valence-electron chi connectivity index (χ1n) is 18.8. The van der Waals surface area contributed by atoms with Gasteiger partial charge < -0.3 is 19.7 Å². The van der Waals surface area contributed by atoms with Crippen LogP contribution >= 0.6 is 11.6 Å². The van der Waals surface area contributed by atoms with Crippen molar-refractivity contribution in [2.75, 3.05) is 18.5 Å². The van der Waals surface area contributed by atoms with Crippen molar-refractivity contribution in [3.05, 3.63) is 83.4 Å². The van der Waals surface area contributed by atoms with Gasteiger partial charge in [-0.1, -0.05) is 23.7 Å². The Morgan fingerprint density at radius 1 is 1.03 bits per heavy atom. The summed E-state index contributed by atoms with van der Waals surface area (Å²) in [4.78, 5) is 41.0. The molecule has 4 aromatic heterocycles. The maximum atomic E-state index is 13.4. The molecule has 312 valence electrons. The number of carbonyl (C=O) groups is 2.